The van der Waals surface area contributed by atoms with Crippen molar-refractivity contribution in [3.05, 3.63) is 49.3 Å². The lowest BCUT2D eigenvalue weighted by Crippen LogP contribution is -2.42. The molecule has 6 N–H and O–H groups in total. The predicted octanol–water partition coefficient (Wildman–Crippen LogP) is 4.95. The molecule has 5 atom stereocenters. The van der Waals surface area contributed by atoms with Crippen LogP contribution in [0, 0.1) is 51.2 Å². The van der Waals surface area contributed by atoms with E-state index in [1.807, 2.05) is 24.3 Å². The first-order chi connectivity index (χ1) is 32.4. The standard InChI is InChI=1S/C47H64N16O3/c1-64-19-15-50-33-5-7-34(8-6-33)61-43-23-41(58-31-60-43)39-10-14-53-45(63-39)56-29-47(27-49)24-37(47)36-21-35(51-16-20-65-2)4-3-32(36)25-54-42-22-40(57-30-59-42)38-9-13-52-44(62-38)55-28-46(26-48)11-17-66-18-12-46/h9-10,13-14,22-23,30-37,50-51H,3-8,11-12,15-21,24-25,28-29H2,1-2H3,(H,52,55,62)(H,53,56,63)(H,54,57,59)(H,58,60,61)/t32?,33?,34?,35-,36?,37?,47?/m1/s1. The average Bonchev–Trinajstić information content (AvgIpc) is 4.10. The fraction of sp³-hybridized carbons (Fsp3) is 0.617. The van der Waals surface area contributed by atoms with Gasteiger partial charge in [-0.05, 0) is 94.1 Å². The first-order valence-electron chi connectivity index (χ1n) is 23.5. The minimum Gasteiger partial charge on any atom is -0.383 e. The number of anilines is 4. The third-order valence-electron chi connectivity index (χ3n) is 14.0. The van der Waals surface area contributed by atoms with Crippen LogP contribution in [0.3, 0.4) is 0 Å². The number of ether oxygens (including phenoxy) is 3. The summed E-state index contributed by atoms with van der Waals surface area (Å²) in [5, 5.41) is 41.9. The molecule has 19 nitrogen and oxygen atoms in total. The molecular formula is C47H64N16O3. The topological polar surface area (TPSA) is 251 Å². The van der Waals surface area contributed by atoms with Crippen molar-refractivity contribution in [3.8, 4) is 34.9 Å². The zero-order chi connectivity index (χ0) is 45.6. The fourth-order valence-electron chi connectivity index (χ4n) is 10.0. The Balaban J connectivity index is 0.883. The van der Waals surface area contributed by atoms with Crippen LogP contribution in [0.25, 0.3) is 22.8 Å². The van der Waals surface area contributed by atoms with E-state index in [-0.39, 0.29) is 5.92 Å². The van der Waals surface area contributed by atoms with Gasteiger partial charge in [0.2, 0.25) is 11.9 Å². The first kappa shape index (κ1) is 46.8. The van der Waals surface area contributed by atoms with Gasteiger partial charge in [-0.2, -0.15) is 10.5 Å². The van der Waals surface area contributed by atoms with E-state index in [2.05, 4.69) is 73.9 Å². The van der Waals surface area contributed by atoms with Crippen molar-refractivity contribution in [2.75, 3.05) is 94.6 Å². The summed E-state index contributed by atoms with van der Waals surface area (Å²) in [7, 11) is 3.46. The zero-order valence-electron chi connectivity index (χ0n) is 38.2. The Morgan fingerprint density at radius 3 is 1.94 bits per heavy atom. The zero-order valence-corrected chi connectivity index (χ0v) is 38.2. The first-order valence-corrected chi connectivity index (χ1v) is 23.5. The Morgan fingerprint density at radius 1 is 0.682 bits per heavy atom. The molecule has 1 saturated heterocycles. The highest BCUT2D eigenvalue weighted by Crippen LogP contribution is 2.60. The van der Waals surface area contributed by atoms with Crippen LogP contribution < -0.4 is 31.9 Å². The third kappa shape index (κ3) is 12.2. The molecule has 350 valence electrons. The number of hydrogen-bond acceptors (Lipinski definition) is 19. The average molecular weight is 901 g/mol. The molecule has 4 aromatic rings. The number of aromatic nitrogens is 8. The lowest BCUT2D eigenvalue weighted by Gasteiger charge is -2.38. The summed E-state index contributed by atoms with van der Waals surface area (Å²) in [6.45, 7) is 5.80. The Kier molecular flexibility index (Phi) is 16.1. The second-order valence-corrected chi connectivity index (χ2v) is 18.3. The summed E-state index contributed by atoms with van der Waals surface area (Å²) in [4.78, 5) is 36.7. The van der Waals surface area contributed by atoms with E-state index in [1.54, 1.807) is 39.3 Å². The predicted molar refractivity (Wildman–Crippen MR) is 250 cm³/mol. The van der Waals surface area contributed by atoms with Crippen molar-refractivity contribution in [2.24, 2.45) is 28.6 Å². The van der Waals surface area contributed by atoms with Gasteiger partial charge in [0.05, 0.1) is 59.0 Å². The van der Waals surface area contributed by atoms with Crippen LogP contribution in [0.2, 0.25) is 0 Å². The number of nitriles is 2. The summed E-state index contributed by atoms with van der Waals surface area (Å²) in [6, 6.07) is 14.0. The minimum atomic E-state index is -0.542. The largest absolute Gasteiger partial charge is 0.383 e. The van der Waals surface area contributed by atoms with Gasteiger partial charge >= 0.3 is 0 Å². The van der Waals surface area contributed by atoms with E-state index in [1.165, 1.54) is 0 Å². The molecule has 3 aliphatic carbocycles. The molecule has 3 saturated carbocycles. The molecule has 5 heterocycles. The highest BCUT2D eigenvalue weighted by Gasteiger charge is 2.60. The van der Waals surface area contributed by atoms with Crippen LogP contribution in [-0.4, -0.2) is 131 Å². The van der Waals surface area contributed by atoms with Crippen molar-refractivity contribution >= 4 is 23.5 Å². The van der Waals surface area contributed by atoms with E-state index >= 15 is 0 Å². The molecule has 0 spiro atoms. The van der Waals surface area contributed by atoms with E-state index in [0.717, 1.165) is 76.9 Å². The van der Waals surface area contributed by atoms with Gasteiger partial charge in [0.1, 0.15) is 24.3 Å². The number of methoxy groups -OCH3 is 2. The molecule has 8 rings (SSSR count). The van der Waals surface area contributed by atoms with E-state index < -0.39 is 10.8 Å². The summed E-state index contributed by atoms with van der Waals surface area (Å²) in [6.07, 6.45) is 16.1. The highest BCUT2D eigenvalue weighted by atomic mass is 16.5. The maximum atomic E-state index is 10.8. The molecule has 0 bridgehead atoms. The summed E-state index contributed by atoms with van der Waals surface area (Å²) < 4.78 is 16.0. The fourth-order valence-corrected chi connectivity index (χ4v) is 10.0. The number of nitrogens with one attached hydrogen (secondary N) is 6. The van der Waals surface area contributed by atoms with Gasteiger partial charge in [0.25, 0.3) is 0 Å². The van der Waals surface area contributed by atoms with Gasteiger partial charge in [-0.3, -0.25) is 0 Å². The Labute approximate surface area is 387 Å². The molecule has 19 heteroatoms. The van der Waals surface area contributed by atoms with Crippen LogP contribution in [0.4, 0.5) is 23.5 Å². The molecule has 0 amide bonds. The van der Waals surface area contributed by atoms with Crippen LogP contribution in [-0.2, 0) is 14.2 Å². The van der Waals surface area contributed by atoms with Crippen molar-refractivity contribution in [3.63, 3.8) is 0 Å². The van der Waals surface area contributed by atoms with Gasteiger partial charge in [0, 0.05) is 103 Å². The molecule has 0 aromatic carbocycles. The third-order valence-corrected chi connectivity index (χ3v) is 14.0. The summed E-state index contributed by atoms with van der Waals surface area (Å²) in [5.74, 6) is 3.24. The van der Waals surface area contributed by atoms with Crippen molar-refractivity contribution in [2.45, 2.75) is 82.3 Å². The maximum Gasteiger partial charge on any atom is 0.223 e. The van der Waals surface area contributed by atoms with E-state index in [4.69, 9.17) is 24.2 Å². The maximum absolute atomic E-state index is 10.8. The molecule has 1 aliphatic heterocycles. The second kappa shape index (κ2) is 22.7. The van der Waals surface area contributed by atoms with E-state index in [0.29, 0.717) is 123 Å². The van der Waals surface area contributed by atoms with Crippen molar-refractivity contribution in [1.82, 2.24) is 50.5 Å². The van der Waals surface area contributed by atoms with Crippen LogP contribution in [0.15, 0.2) is 49.3 Å². The Morgan fingerprint density at radius 2 is 1.29 bits per heavy atom. The molecule has 66 heavy (non-hydrogen) atoms. The molecule has 4 unspecified atom stereocenters. The lowest BCUT2D eigenvalue weighted by molar-refractivity contribution is 0.0455. The summed E-state index contributed by atoms with van der Waals surface area (Å²) >= 11 is 0. The molecule has 0 radical (unpaired) electrons. The molecule has 4 aliphatic rings. The number of nitrogens with zero attached hydrogens (tertiary/aromatic N) is 10. The van der Waals surface area contributed by atoms with Gasteiger partial charge < -0.3 is 46.1 Å². The van der Waals surface area contributed by atoms with Gasteiger partial charge in [0.15, 0.2) is 0 Å². The van der Waals surface area contributed by atoms with Crippen molar-refractivity contribution < 1.29 is 14.2 Å². The quantitative estimate of drug-likeness (QED) is 0.0571. The number of hydrogen-bond donors (Lipinski definition) is 6. The molecule has 4 aromatic heterocycles. The summed E-state index contributed by atoms with van der Waals surface area (Å²) in [5.41, 5.74) is 1.68. The lowest BCUT2D eigenvalue weighted by atomic mass is 9.72. The van der Waals surface area contributed by atoms with E-state index in [9.17, 15) is 10.5 Å². The Hall–Kier alpha value is -5.70. The minimum absolute atomic E-state index is 0.206. The van der Waals surface area contributed by atoms with Crippen LogP contribution >= 0.6 is 0 Å². The SMILES string of the molecule is COCCNC1CCC(Nc2cc(-c3ccnc(NCC4(C#N)CC4C4C[C@H](NCCOC)CCC4CNc4cc(-c5ccnc(NCC6(C#N)CCOCC6)n5)ncn4)n3)ncn2)CC1. The number of rotatable bonds is 22. The van der Waals surface area contributed by atoms with Crippen molar-refractivity contribution in [1.29, 1.82) is 10.5 Å². The van der Waals surface area contributed by atoms with Crippen LogP contribution in [0.1, 0.15) is 64.2 Å². The monoisotopic (exact) mass is 901 g/mol. The van der Waals surface area contributed by atoms with Gasteiger partial charge in [-0.1, -0.05) is 0 Å². The highest BCUT2D eigenvalue weighted by molar-refractivity contribution is 5.60. The normalized spacial score (nSPS) is 25.8. The smallest absolute Gasteiger partial charge is 0.223 e. The van der Waals surface area contributed by atoms with Gasteiger partial charge in [-0.15, -0.1) is 0 Å². The Bertz CT molecular complexity index is 2260. The van der Waals surface area contributed by atoms with Gasteiger partial charge in [-0.25, -0.2) is 39.9 Å². The van der Waals surface area contributed by atoms with Crippen LogP contribution in [0.5, 0.6) is 0 Å². The second-order valence-electron chi connectivity index (χ2n) is 18.3. The molecular weight excluding hydrogens is 837 g/mol. The molecule has 4 fully saturated rings.